The van der Waals surface area contributed by atoms with Crippen LogP contribution in [-0.4, -0.2) is 71.6 Å². The van der Waals surface area contributed by atoms with Crippen LogP contribution >= 0.6 is 7.60 Å². The quantitative estimate of drug-likeness (QED) is 0.299. The third kappa shape index (κ3) is 4.41. The molecule has 4 unspecified atom stereocenters. The fourth-order valence-electron chi connectivity index (χ4n) is 2.98. The van der Waals surface area contributed by atoms with Crippen LogP contribution in [0, 0.1) is 11.3 Å². The van der Waals surface area contributed by atoms with Crippen molar-refractivity contribution in [2.45, 2.75) is 37.6 Å². The van der Waals surface area contributed by atoms with Gasteiger partial charge in [0, 0.05) is 6.42 Å². The number of hydrogen-bond donors (Lipinski definition) is 4. The minimum Gasteiger partial charge on any atom is -0.464 e. The van der Waals surface area contributed by atoms with Gasteiger partial charge in [-0.05, 0) is 6.92 Å². The first-order valence-electron chi connectivity index (χ1n) is 8.72. The predicted molar refractivity (Wildman–Crippen MR) is 97.4 cm³/mol. The van der Waals surface area contributed by atoms with E-state index in [2.05, 4.69) is 19.7 Å². The maximum absolute atomic E-state index is 11.8. The number of aromatic nitrogens is 4. The summed E-state index contributed by atoms with van der Waals surface area (Å²) in [4.78, 5) is 42.3. The number of nitrogens with two attached hydrogens (primary N) is 1. The lowest BCUT2D eigenvalue weighted by Crippen LogP contribution is -2.30. The van der Waals surface area contributed by atoms with E-state index in [1.54, 1.807) is 6.07 Å². The summed E-state index contributed by atoms with van der Waals surface area (Å²) in [5.74, 6) is -3.50. The molecule has 2 aromatic heterocycles. The Bertz CT molecular complexity index is 1030. The van der Waals surface area contributed by atoms with Gasteiger partial charge in [-0.15, -0.1) is 0 Å². The highest BCUT2D eigenvalue weighted by Crippen LogP contribution is 2.43. The van der Waals surface area contributed by atoms with Gasteiger partial charge in [0.05, 0.1) is 25.6 Å². The molecule has 3 heterocycles. The number of nitrogen functional groups attached to an aromatic ring is 1. The van der Waals surface area contributed by atoms with Crippen molar-refractivity contribution in [3.8, 4) is 6.07 Å². The molecule has 4 atom stereocenters. The smallest absolute Gasteiger partial charge is 0.365 e. The Kier molecular flexibility index (Phi) is 6.32. The number of esters is 1. The third-order valence-electron chi connectivity index (χ3n) is 4.22. The van der Waals surface area contributed by atoms with Gasteiger partial charge < -0.3 is 34.8 Å². The van der Waals surface area contributed by atoms with Crippen molar-refractivity contribution < 1.29 is 38.5 Å². The number of ether oxygens (including phenoxy) is 3. The van der Waals surface area contributed by atoms with Gasteiger partial charge in [-0.2, -0.15) is 15.2 Å². The summed E-state index contributed by atoms with van der Waals surface area (Å²) >= 11 is 0. The summed E-state index contributed by atoms with van der Waals surface area (Å²) < 4.78 is 28.3. The number of carbonyl (C=O) groups excluding carboxylic acids is 1. The van der Waals surface area contributed by atoms with Crippen LogP contribution in [0.3, 0.4) is 0 Å². The van der Waals surface area contributed by atoms with Gasteiger partial charge in [-0.1, -0.05) is 0 Å². The number of hydrogen-bond acceptors (Lipinski definition) is 11. The number of nitriles is 1. The fraction of sp³-hybridized carbons (Fsp3) is 0.533. The van der Waals surface area contributed by atoms with E-state index in [1.165, 1.54) is 17.8 Å². The van der Waals surface area contributed by atoms with Crippen LogP contribution in [0.4, 0.5) is 5.82 Å². The van der Waals surface area contributed by atoms with E-state index in [-0.39, 0.29) is 35.8 Å². The molecule has 14 nitrogen and oxygen atoms in total. The zero-order valence-corrected chi connectivity index (χ0v) is 16.5. The van der Waals surface area contributed by atoms with Crippen molar-refractivity contribution in [3.05, 3.63) is 12.2 Å². The van der Waals surface area contributed by atoms with E-state index < -0.39 is 44.5 Å². The summed E-state index contributed by atoms with van der Waals surface area (Å²) in [5, 5.41) is 19.4. The minimum absolute atomic E-state index is 0.0124. The molecule has 2 aromatic rings. The molecule has 0 radical (unpaired) electrons. The lowest BCUT2D eigenvalue weighted by molar-refractivity contribution is -0.154. The van der Waals surface area contributed by atoms with Crippen LogP contribution in [0.15, 0.2) is 6.33 Å². The van der Waals surface area contributed by atoms with Crippen molar-refractivity contribution in [2.24, 2.45) is 0 Å². The molecule has 0 bridgehead atoms. The molecule has 0 aliphatic carbocycles. The Labute approximate surface area is 169 Å². The van der Waals surface area contributed by atoms with E-state index in [0.717, 1.165) is 0 Å². The van der Waals surface area contributed by atoms with Crippen molar-refractivity contribution in [1.29, 1.82) is 5.26 Å². The van der Waals surface area contributed by atoms with Gasteiger partial charge in [0.25, 0.3) is 5.85 Å². The number of aliphatic hydroxyl groups excluding tert-OH is 1. The number of fused-ring (bicyclic) bond motifs is 1. The Morgan fingerprint density at radius 2 is 2.27 bits per heavy atom. The Morgan fingerprint density at radius 3 is 2.90 bits per heavy atom. The average molecular weight is 442 g/mol. The molecule has 1 fully saturated rings. The first-order valence-corrected chi connectivity index (χ1v) is 10.4. The molecule has 0 amide bonds. The molecule has 0 saturated carbocycles. The zero-order valence-electron chi connectivity index (χ0n) is 15.7. The molecule has 5 N–H and O–H groups in total. The topological polar surface area (TPSA) is 216 Å². The molecule has 3 rings (SSSR count). The Balaban J connectivity index is 1.76. The van der Waals surface area contributed by atoms with Gasteiger partial charge in [-0.25, -0.2) is 9.78 Å². The standard InChI is InChI=1S/C15H19N6O8P/c1-2-27-14(23)15(30(24,25)26)28-5-7-3-8(22)13(29-7)21-6-18-10-11(17)19-9(4-16)20-12(10)21/h6-8,13,15,22H,2-3,5H2,1H3,(H2,17,19,20)(H2,24,25,26). The summed E-state index contributed by atoms with van der Waals surface area (Å²) in [7, 11) is -4.94. The SMILES string of the molecule is CCOC(=O)C(OCC1CC(O)C(n2cnc3c(N)nc(C#N)nc32)O1)P(=O)(O)O. The molecule has 15 heteroatoms. The lowest BCUT2D eigenvalue weighted by atomic mass is 10.2. The molecule has 162 valence electrons. The lowest BCUT2D eigenvalue weighted by Gasteiger charge is -2.20. The minimum atomic E-state index is -4.94. The monoisotopic (exact) mass is 442 g/mol. The highest BCUT2D eigenvalue weighted by atomic mass is 31.2. The zero-order chi connectivity index (χ0) is 22.1. The largest absolute Gasteiger partial charge is 0.464 e. The van der Waals surface area contributed by atoms with Crippen molar-refractivity contribution >= 4 is 30.5 Å². The molecular formula is C15H19N6O8P. The second-order valence-corrected chi connectivity index (χ2v) is 7.99. The predicted octanol–water partition coefficient (Wildman–Crippen LogP) is -0.988. The highest BCUT2D eigenvalue weighted by Gasteiger charge is 2.41. The summed E-state index contributed by atoms with van der Waals surface area (Å²) in [5.41, 5.74) is 6.15. The first-order chi connectivity index (χ1) is 14.2. The molecule has 0 aromatic carbocycles. The van der Waals surface area contributed by atoms with E-state index >= 15 is 0 Å². The summed E-state index contributed by atoms with van der Waals surface area (Å²) in [6.07, 6.45) is -1.51. The van der Waals surface area contributed by atoms with Crippen LogP contribution in [-0.2, 0) is 23.6 Å². The number of imidazole rings is 1. The summed E-state index contributed by atoms with van der Waals surface area (Å²) in [6, 6.07) is 1.77. The molecule has 1 aliphatic rings. The normalized spacial score (nSPS) is 22.7. The van der Waals surface area contributed by atoms with Crippen LogP contribution < -0.4 is 5.73 Å². The van der Waals surface area contributed by atoms with E-state index in [4.69, 9.17) is 20.5 Å². The molecule has 30 heavy (non-hydrogen) atoms. The van der Waals surface area contributed by atoms with Gasteiger partial charge in [0.15, 0.2) is 17.7 Å². The van der Waals surface area contributed by atoms with E-state index in [0.29, 0.717) is 0 Å². The second kappa shape index (κ2) is 8.60. The van der Waals surface area contributed by atoms with Crippen LogP contribution in [0.1, 0.15) is 25.4 Å². The number of aliphatic hydroxyl groups is 1. The Morgan fingerprint density at radius 1 is 1.53 bits per heavy atom. The fourth-order valence-corrected chi connectivity index (χ4v) is 3.61. The van der Waals surface area contributed by atoms with Crippen molar-refractivity contribution in [1.82, 2.24) is 19.5 Å². The van der Waals surface area contributed by atoms with Crippen molar-refractivity contribution in [2.75, 3.05) is 18.9 Å². The van der Waals surface area contributed by atoms with E-state index in [9.17, 15) is 24.3 Å². The second-order valence-electron chi connectivity index (χ2n) is 6.35. The van der Waals surface area contributed by atoms with Crippen molar-refractivity contribution in [3.63, 3.8) is 0 Å². The Hall–Kier alpha value is -2.66. The molecular weight excluding hydrogens is 423 g/mol. The molecule has 1 saturated heterocycles. The molecule has 1 aliphatic heterocycles. The number of carbonyl (C=O) groups is 1. The van der Waals surface area contributed by atoms with Gasteiger partial charge >= 0.3 is 13.6 Å². The number of rotatable bonds is 7. The van der Waals surface area contributed by atoms with Crippen LogP contribution in [0.25, 0.3) is 11.2 Å². The highest BCUT2D eigenvalue weighted by molar-refractivity contribution is 7.53. The maximum atomic E-state index is 11.8. The number of nitrogens with zero attached hydrogens (tertiary/aromatic N) is 5. The van der Waals surface area contributed by atoms with Crippen LogP contribution in [0.5, 0.6) is 0 Å². The average Bonchev–Trinajstić information content (AvgIpc) is 3.24. The first kappa shape index (κ1) is 22.0. The van der Waals surface area contributed by atoms with Gasteiger partial charge in [0.1, 0.15) is 17.7 Å². The van der Waals surface area contributed by atoms with Crippen LogP contribution in [0.2, 0.25) is 0 Å². The number of anilines is 1. The third-order valence-corrected chi connectivity index (χ3v) is 5.19. The molecule has 0 spiro atoms. The van der Waals surface area contributed by atoms with Gasteiger partial charge in [0.2, 0.25) is 5.82 Å². The van der Waals surface area contributed by atoms with E-state index in [1.807, 2.05) is 0 Å². The maximum Gasteiger partial charge on any atom is 0.365 e. The van der Waals surface area contributed by atoms with Gasteiger partial charge in [-0.3, -0.25) is 9.13 Å². The summed E-state index contributed by atoms with van der Waals surface area (Å²) in [6.45, 7) is 1.01.